The van der Waals surface area contributed by atoms with Crippen molar-refractivity contribution in [2.75, 3.05) is 10.2 Å². The molecule has 1 aromatic heterocycles. The van der Waals surface area contributed by atoms with Crippen LogP contribution in [0.25, 0.3) is 5.69 Å². The fraction of sp³-hybridized carbons (Fsp3) is 0.486. The summed E-state index contributed by atoms with van der Waals surface area (Å²) in [5, 5.41) is 7.03. The zero-order valence-corrected chi connectivity index (χ0v) is 30.7. The van der Waals surface area contributed by atoms with Crippen LogP contribution < -0.4 is 15.8 Å². The van der Waals surface area contributed by atoms with Crippen LogP contribution in [-0.4, -0.2) is 21.6 Å². The molecule has 1 aliphatic rings. The van der Waals surface area contributed by atoms with Crippen molar-refractivity contribution >= 4 is 75.4 Å². The molecule has 48 heavy (non-hydrogen) atoms. The van der Waals surface area contributed by atoms with Crippen LogP contribution in [-0.2, 0) is 9.59 Å². The van der Waals surface area contributed by atoms with Gasteiger partial charge in [0.15, 0.2) is 0 Å². The number of anilines is 3. The van der Waals surface area contributed by atoms with Crippen molar-refractivity contribution in [2.45, 2.75) is 110 Å². The minimum atomic E-state index is -0.490. The monoisotopic (exact) mass is 734 g/mol. The Hall–Kier alpha value is -2.71. The van der Waals surface area contributed by atoms with Gasteiger partial charge in [-0.1, -0.05) is 149 Å². The van der Waals surface area contributed by atoms with Crippen molar-refractivity contribution in [3.63, 3.8) is 0 Å². The highest BCUT2D eigenvalue weighted by Gasteiger charge is 2.38. The summed E-state index contributed by atoms with van der Waals surface area (Å²) in [4.78, 5) is 40.2. The summed E-state index contributed by atoms with van der Waals surface area (Å²) in [6, 6.07) is 9.12. The fourth-order valence-corrected chi connectivity index (χ4v) is 7.21. The summed E-state index contributed by atoms with van der Waals surface area (Å²) < 4.78 is 1.18. The average Bonchev–Trinajstić information content (AvgIpc) is 3.54. The van der Waals surface area contributed by atoms with Crippen LogP contribution in [0.2, 0.25) is 20.1 Å². The van der Waals surface area contributed by atoms with E-state index in [4.69, 9.17) is 46.4 Å². The van der Waals surface area contributed by atoms with E-state index in [1.165, 1.54) is 111 Å². The number of nitrogens with zero attached hydrogens (tertiary/aromatic N) is 2. The standard InChI is InChI=1S/C37H46Cl4N4O3/c1-2-3-4-5-6-7-8-9-10-11-12-13-14-15-16-17-18-26-21-34(46)44(37(26)48)28-19-20-29(39)32(24-28)42-33-25-35(47)45(43-33)36-30(40)22-27(38)23-31(36)41/h17-20,22-26,42-43H,2-16,21H2,1H3/b18-17+. The molecular weight excluding hydrogens is 690 g/mol. The van der Waals surface area contributed by atoms with Gasteiger partial charge in [-0.05, 0) is 43.2 Å². The third-order valence-corrected chi connectivity index (χ3v) is 9.80. The zero-order valence-electron chi connectivity index (χ0n) is 27.6. The van der Waals surface area contributed by atoms with Crippen molar-refractivity contribution in [3.8, 4) is 5.69 Å². The molecule has 3 aromatic rings. The first kappa shape index (κ1) is 38.1. The second-order valence-electron chi connectivity index (χ2n) is 12.5. The largest absolute Gasteiger partial charge is 0.339 e. The molecule has 2 N–H and O–H groups in total. The van der Waals surface area contributed by atoms with E-state index >= 15 is 0 Å². The van der Waals surface area contributed by atoms with E-state index in [1.807, 2.05) is 12.2 Å². The Morgan fingerprint density at radius 2 is 1.35 bits per heavy atom. The Bertz CT molecular complexity index is 1590. The summed E-state index contributed by atoms with van der Waals surface area (Å²) in [6.07, 6.45) is 23.4. The van der Waals surface area contributed by atoms with Gasteiger partial charge in [-0.2, -0.15) is 0 Å². The lowest BCUT2D eigenvalue weighted by Gasteiger charge is -2.17. The number of allylic oxidation sites excluding steroid dienone is 1. The first-order chi connectivity index (χ1) is 23.2. The smallest absolute Gasteiger partial charge is 0.273 e. The second-order valence-corrected chi connectivity index (χ2v) is 14.2. The highest BCUT2D eigenvalue weighted by atomic mass is 35.5. The molecule has 0 bridgehead atoms. The molecule has 1 saturated heterocycles. The molecule has 1 unspecified atom stereocenters. The predicted molar refractivity (Wildman–Crippen MR) is 201 cm³/mol. The van der Waals surface area contributed by atoms with E-state index in [1.54, 1.807) is 18.2 Å². The van der Waals surface area contributed by atoms with Crippen LogP contribution in [0.15, 0.2) is 53.3 Å². The number of hydrogen-bond donors (Lipinski definition) is 2. The maximum Gasteiger partial charge on any atom is 0.273 e. The number of aromatic nitrogens is 2. The fourth-order valence-electron chi connectivity index (χ4n) is 6.06. The van der Waals surface area contributed by atoms with E-state index in [-0.39, 0.29) is 34.0 Å². The molecule has 260 valence electrons. The Labute approximate surface area is 303 Å². The van der Waals surface area contributed by atoms with Crippen LogP contribution in [0.1, 0.15) is 110 Å². The molecule has 0 spiro atoms. The van der Waals surface area contributed by atoms with Gasteiger partial charge in [0.25, 0.3) is 5.56 Å². The third kappa shape index (κ3) is 10.9. The van der Waals surface area contributed by atoms with Crippen molar-refractivity contribution in [3.05, 3.63) is 79.0 Å². The molecule has 2 heterocycles. The number of nitrogens with one attached hydrogen (secondary N) is 2. The van der Waals surface area contributed by atoms with Crippen molar-refractivity contribution < 1.29 is 9.59 Å². The first-order valence-electron chi connectivity index (χ1n) is 17.3. The van der Waals surface area contributed by atoms with Crippen LogP contribution in [0, 0.1) is 5.92 Å². The number of halogens is 4. The lowest BCUT2D eigenvalue weighted by molar-refractivity contribution is -0.121. The Balaban J connectivity index is 1.22. The van der Waals surface area contributed by atoms with Gasteiger partial charge in [0.05, 0.1) is 32.4 Å². The Morgan fingerprint density at radius 3 is 1.96 bits per heavy atom. The molecule has 2 aromatic carbocycles. The zero-order chi connectivity index (χ0) is 34.5. The maximum absolute atomic E-state index is 13.3. The minimum Gasteiger partial charge on any atom is -0.339 e. The molecule has 2 amide bonds. The van der Waals surface area contributed by atoms with Gasteiger partial charge in [0, 0.05) is 17.5 Å². The summed E-state index contributed by atoms with van der Waals surface area (Å²) >= 11 is 25.1. The van der Waals surface area contributed by atoms with E-state index in [9.17, 15) is 14.4 Å². The summed E-state index contributed by atoms with van der Waals surface area (Å²) in [5.74, 6) is -0.733. The van der Waals surface area contributed by atoms with Gasteiger partial charge in [-0.3, -0.25) is 19.5 Å². The quantitative estimate of drug-likeness (QED) is 0.0687. The van der Waals surface area contributed by atoms with Crippen LogP contribution in [0.5, 0.6) is 0 Å². The van der Waals surface area contributed by atoms with Gasteiger partial charge in [-0.15, -0.1) is 0 Å². The number of H-pyrrole nitrogens is 1. The highest BCUT2D eigenvalue weighted by Crippen LogP contribution is 2.35. The number of hydrogen-bond acceptors (Lipinski definition) is 4. The molecule has 7 nitrogen and oxygen atoms in total. The van der Waals surface area contributed by atoms with Crippen molar-refractivity contribution in [1.29, 1.82) is 0 Å². The molecule has 0 radical (unpaired) electrons. The third-order valence-electron chi connectivity index (χ3n) is 8.68. The van der Waals surface area contributed by atoms with Crippen LogP contribution in [0.4, 0.5) is 17.2 Å². The minimum absolute atomic E-state index is 0.123. The molecule has 1 aliphatic heterocycles. The van der Waals surface area contributed by atoms with Gasteiger partial charge >= 0.3 is 0 Å². The topological polar surface area (TPSA) is 87.2 Å². The summed E-state index contributed by atoms with van der Waals surface area (Å²) in [7, 11) is 0. The normalized spacial score (nSPS) is 14.9. The van der Waals surface area contributed by atoms with E-state index in [0.717, 1.165) is 12.8 Å². The lowest BCUT2D eigenvalue weighted by atomic mass is 10.0. The SMILES string of the molecule is CCCCCCCCCCCCCCCC/C=C/C1CC(=O)N(c2ccc(Cl)c(Nc3cc(=O)n(-c4c(Cl)cc(Cl)cc4Cl)[nH]3)c2)C1=O. The number of imide groups is 1. The van der Waals surface area contributed by atoms with Gasteiger partial charge < -0.3 is 5.32 Å². The van der Waals surface area contributed by atoms with E-state index in [0.29, 0.717) is 27.2 Å². The Morgan fingerprint density at radius 1 is 0.771 bits per heavy atom. The molecule has 0 aliphatic carbocycles. The molecule has 4 rings (SSSR count). The number of carbonyl (C=O) groups excluding carboxylic acids is 2. The van der Waals surface area contributed by atoms with E-state index in [2.05, 4.69) is 17.3 Å². The van der Waals surface area contributed by atoms with Crippen LogP contribution in [0.3, 0.4) is 0 Å². The number of benzene rings is 2. The number of carbonyl (C=O) groups is 2. The Kier molecular flexibility index (Phi) is 15.5. The second kappa shape index (κ2) is 19.5. The van der Waals surface area contributed by atoms with Gasteiger partial charge in [0.2, 0.25) is 11.8 Å². The number of rotatable bonds is 20. The molecule has 1 atom stereocenters. The predicted octanol–water partition coefficient (Wildman–Crippen LogP) is 11.8. The average molecular weight is 737 g/mol. The van der Waals surface area contributed by atoms with Gasteiger partial charge in [0.1, 0.15) is 11.5 Å². The highest BCUT2D eigenvalue weighted by molar-refractivity contribution is 6.40. The summed E-state index contributed by atoms with van der Waals surface area (Å²) in [6.45, 7) is 2.26. The molecular formula is C37H46Cl4N4O3. The molecule has 11 heteroatoms. The van der Waals surface area contributed by atoms with Crippen LogP contribution >= 0.6 is 46.4 Å². The van der Waals surface area contributed by atoms with Crippen molar-refractivity contribution in [1.82, 2.24) is 9.78 Å². The molecule has 0 saturated carbocycles. The van der Waals surface area contributed by atoms with Crippen molar-refractivity contribution in [2.24, 2.45) is 5.92 Å². The van der Waals surface area contributed by atoms with E-state index < -0.39 is 11.5 Å². The maximum atomic E-state index is 13.3. The summed E-state index contributed by atoms with van der Waals surface area (Å²) in [5.41, 5.74) is 0.612. The number of aromatic amines is 1. The number of amides is 2. The lowest BCUT2D eigenvalue weighted by Crippen LogP contribution is -2.30. The molecule has 1 fully saturated rings. The first-order valence-corrected chi connectivity index (χ1v) is 18.8. The van der Waals surface area contributed by atoms with Gasteiger partial charge in [-0.25, -0.2) is 9.58 Å². The number of unbranched alkanes of at least 4 members (excludes halogenated alkanes) is 14.